The second-order valence-electron chi connectivity index (χ2n) is 13.6. The second-order valence-corrected chi connectivity index (χ2v) is 13.6. The molecule has 0 spiro atoms. The van der Waals surface area contributed by atoms with E-state index in [4.69, 9.17) is 0 Å². The third-order valence-electron chi connectivity index (χ3n) is 8.38. The molecule has 0 aromatic heterocycles. The van der Waals surface area contributed by atoms with Gasteiger partial charge in [0.1, 0.15) is 5.60 Å². The average Bonchev–Trinajstić information content (AvgIpc) is 2.87. The molecule has 230 valence electrons. The minimum Gasteiger partial charge on any atom is -0.381 e. The highest BCUT2D eigenvalue weighted by Crippen LogP contribution is 2.44. The molecule has 0 aromatic carbocycles. The molecule has 0 bridgehead atoms. The molecule has 0 heterocycles. The highest BCUT2D eigenvalue weighted by atomic mass is 16.3. The summed E-state index contributed by atoms with van der Waals surface area (Å²) in [4.78, 5) is 23.9. The summed E-state index contributed by atoms with van der Waals surface area (Å²) in [5, 5.41) is 11.3. The zero-order valence-corrected chi connectivity index (χ0v) is 28.0. The lowest BCUT2D eigenvalue weighted by atomic mass is 9.64. The Balaban J connectivity index is 1.93. The van der Waals surface area contributed by atoms with Crippen LogP contribution >= 0.6 is 0 Å². The molecule has 2 aliphatic carbocycles. The zero-order valence-electron chi connectivity index (χ0n) is 28.0. The Morgan fingerprint density at radius 1 is 0.698 bits per heavy atom. The van der Waals surface area contributed by atoms with Gasteiger partial charge in [0.25, 0.3) is 0 Å². The van der Waals surface area contributed by atoms with Crippen LogP contribution in [0.15, 0.2) is 131 Å². The summed E-state index contributed by atoms with van der Waals surface area (Å²) in [6, 6.07) is 0. The Bertz CT molecular complexity index is 1400. The van der Waals surface area contributed by atoms with E-state index in [-0.39, 0.29) is 22.9 Å². The van der Waals surface area contributed by atoms with Crippen molar-refractivity contribution in [3.63, 3.8) is 0 Å². The minimum absolute atomic E-state index is 0.0540. The molecule has 3 heteroatoms. The van der Waals surface area contributed by atoms with Gasteiger partial charge in [0.2, 0.25) is 0 Å². The quantitative estimate of drug-likeness (QED) is 0.262. The number of hydrogen-bond acceptors (Lipinski definition) is 3. The fraction of sp³-hybridized carbons (Fsp3) is 0.400. The Morgan fingerprint density at radius 2 is 1.16 bits per heavy atom. The second kappa shape index (κ2) is 15.3. The number of allylic oxidation sites excluding steroid dienone is 20. The smallest absolute Gasteiger partial charge is 0.156 e. The van der Waals surface area contributed by atoms with Gasteiger partial charge in [0.05, 0.1) is 0 Å². The minimum atomic E-state index is -1.14. The van der Waals surface area contributed by atoms with Crippen LogP contribution in [-0.4, -0.2) is 22.3 Å². The van der Waals surface area contributed by atoms with Crippen LogP contribution in [-0.2, 0) is 9.59 Å². The van der Waals surface area contributed by atoms with E-state index in [1.807, 2.05) is 70.2 Å². The molecule has 3 nitrogen and oxygen atoms in total. The largest absolute Gasteiger partial charge is 0.381 e. The van der Waals surface area contributed by atoms with Gasteiger partial charge >= 0.3 is 0 Å². The van der Waals surface area contributed by atoms with E-state index >= 15 is 0 Å². The van der Waals surface area contributed by atoms with Crippen molar-refractivity contribution in [3.05, 3.63) is 131 Å². The Hall–Kier alpha value is -3.56. The first kappa shape index (κ1) is 35.6. The van der Waals surface area contributed by atoms with Gasteiger partial charge in [0, 0.05) is 24.2 Å². The molecule has 2 rings (SSSR count). The lowest BCUT2D eigenvalue weighted by Crippen LogP contribution is -2.48. The first-order chi connectivity index (χ1) is 20.0. The Labute approximate surface area is 260 Å². The fourth-order valence-electron chi connectivity index (χ4n) is 5.69. The monoisotopic (exact) mass is 580 g/mol. The predicted molar refractivity (Wildman–Crippen MR) is 183 cm³/mol. The maximum Gasteiger partial charge on any atom is 0.156 e. The molecule has 1 N–H and O–H groups in total. The van der Waals surface area contributed by atoms with Crippen molar-refractivity contribution >= 4 is 11.6 Å². The lowest BCUT2D eigenvalue weighted by molar-refractivity contribution is -0.121. The summed E-state index contributed by atoms with van der Waals surface area (Å²) in [5.41, 5.74) is 4.53. The molecule has 0 saturated heterocycles. The van der Waals surface area contributed by atoms with Crippen LogP contribution in [0.25, 0.3) is 0 Å². The van der Waals surface area contributed by atoms with Gasteiger partial charge in [-0.2, -0.15) is 0 Å². The summed E-state index contributed by atoms with van der Waals surface area (Å²) in [6.07, 6.45) is 32.9. The van der Waals surface area contributed by atoms with Crippen LogP contribution in [0.1, 0.15) is 82.1 Å². The number of aliphatic hydroxyl groups is 1. The van der Waals surface area contributed by atoms with Gasteiger partial charge in [0.15, 0.2) is 11.6 Å². The molecule has 0 amide bonds. The first-order valence-corrected chi connectivity index (χ1v) is 15.2. The van der Waals surface area contributed by atoms with E-state index in [2.05, 4.69) is 84.1 Å². The summed E-state index contributed by atoms with van der Waals surface area (Å²) in [6.45, 7) is 20.3. The molecule has 0 saturated carbocycles. The van der Waals surface area contributed by atoms with Crippen LogP contribution in [0.4, 0.5) is 0 Å². The number of carbonyl (C=O) groups is 2. The normalized spacial score (nSPS) is 26.1. The van der Waals surface area contributed by atoms with Gasteiger partial charge in [-0.15, -0.1) is 0 Å². The van der Waals surface area contributed by atoms with Crippen molar-refractivity contribution in [2.45, 2.75) is 87.7 Å². The Kier molecular flexibility index (Phi) is 12.6. The van der Waals surface area contributed by atoms with E-state index in [0.29, 0.717) is 18.4 Å². The van der Waals surface area contributed by atoms with E-state index in [1.54, 1.807) is 12.2 Å². The third kappa shape index (κ3) is 10.6. The van der Waals surface area contributed by atoms with Crippen molar-refractivity contribution in [2.24, 2.45) is 16.7 Å². The molecule has 43 heavy (non-hydrogen) atoms. The topological polar surface area (TPSA) is 54.4 Å². The summed E-state index contributed by atoms with van der Waals surface area (Å²) in [7, 11) is 0. The predicted octanol–water partition coefficient (Wildman–Crippen LogP) is 9.79. The van der Waals surface area contributed by atoms with Gasteiger partial charge in [-0.25, -0.2) is 0 Å². The van der Waals surface area contributed by atoms with Crippen LogP contribution in [0.5, 0.6) is 0 Å². The van der Waals surface area contributed by atoms with E-state index in [9.17, 15) is 14.7 Å². The van der Waals surface area contributed by atoms with Crippen molar-refractivity contribution in [1.29, 1.82) is 0 Å². The molecule has 0 aromatic rings. The maximum absolute atomic E-state index is 11.9. The molecular weight excluding hydrogens is 528 g/mol. The summed E-state index contributed by atoms with van der Waals surface area (Å²) in [5.74, 6) is 0.562. The molecular formula is C40H52O3. The van der Waals surface area contributed by atoms with Crippen LogP contribution in [0, 0.1) is 16.7 Å². The number of carbonyl (C=O) groups excluding carboxylic acids is 2. The van der Waals surface area contributed by atoms with Gasteiger partial charge in [-0.05, 0) is 70.8 Å². The van der Waals surface area contributed by atoms with E-state index in [0.717, 1.165) is 22.3 Å². The molecule has 0 fully saturated rings. The van der Waals surface area contributed by atoms with Gasteiger partial charge < -0.3 is 5.11 Å². The van der Waals surface area contributed by atoms with Crippen molar-refractivity contribution in [2.75, 3.05) is 0 Å². The summed E-state index contributed by atoms with van der Waals surface area (Å²) >= 11 is 0. The zero-order chi connectivity index (χ0) is 32.4. The Morgan fingerprint density at radius 3 is 1.67 bits per heavy atom. The van der Waals surface area contributed by atoms with Crippen molar-refractivity contribution in [1.82, 2.24) is 0 Å². The SMILES string of the molecule is CC1=CC(=O)CC(C)(C)[C@H]1/C=C/C(C)=C/C=C/C(C)=C/C=C/C=C(C)/C=C/C=C(C)/C=C/[C@@]1(O)C(C)=CC(=O)CC1(C)C. The average molecular weight is 581 g/mol. The standard InChI is InChI=1S/C40H52O3/c1-29(17-13-19-31(3)21-22-37-33(5)25-35(41)27-38(37,7)8)15-11-12-16-30(2)18-14-20-32(4)23-24-40(43)34(6)26-36(42)28-39(40,9)10/h11-26,37,43H,27-28H2,1-10H3/b12-11+,17-13+,18-14+,22-21+,24-23+,29-15+,30-16+,31-19+,32-20+/t37-,40+/m0/s1. The lowest BCUT2D eigenvalue weighted by Gasteiger charge is -2.44. The number of hydrogen-bond donors (Lipinski definition) is 1. The molecule has 0 radical (unpaired) electrons. The highest BCUT2D eigenvalue weighted by molar-refractivity contribution is 5.93. The first-order valence-electron chi connectivity index (χ1n) is 15.2. The number of ketones is 2. The molecule has 2 atom stereocenters. The fourth-order valence-corrected chi connectivity index (χ4v) is 5.69. The van der Waals surface area contributed by atoms with E-state index in [1.165, 1.54) is 5.57 Å². The van der Waals surface area contributed by atoms with Gasteiger partial charge in [-0.3, -0.25) is 9.59 Å². The summed E-state index contributed by atoms with van der Waals surface area (Å²) < 4.78 is 0. The number of rotatable bonds is 10. The molecule has 0 aliphatic heterocycles. The molecule has 0 unspecified atom stereocenters. The van der Waals surface area contributed by atoms with Crippen LogP contribution < -0.4 is 0 Å². The van der Waals surface area contributed by atoms with E-state index < -0.39 is 11.0 Å². The van der Waals surface area contributed by atoms with Crippen molar-refractivity contribution in [3.8, 4) is 0 Å². The van der Waals surface area contributed by atoms with Gasteiger partial charge in [-0.1, -0.05) is 135 Å². The van der Waals surface area contributed by atoms with Crippen LogP contribution in [0.2, 0.25) is 0 Å². The van der Waals surface area contributed by atoms with Crippen molar-refractivity contribution < 1.29 is 14.7 Å². The van der Waals surface area contributed by atoms with Crippen LogP contribution in [0.3, 0.4) is 0 Å². The third-order valence-corrected chi connectivity index (χ3v) is 8.38. The highest BCUT2D eigenvalue weighted by Gasteiger charge is 2.46. The maximum atomic E-state index is 11.9. The molecule has 2 aliphatic rings.